The molecule has 170 valence electrons. The van der Waals surface area contributed by atoms with Crippen molar-refractivity contribution in [2.24, 2.45) is 5.92 Å². The van der Waals surface area contributed by atoms with E-state index in [-0.39, 0.29) is 0 Å². The number of rotatable bonds is 6. The third-order valence-electron chi connectivity index (χ3n) is 6.72. The predicted molar refractivity (Wildman–Crippen MR) is 134 cm³/mol. The zero-order valence-electron chi connectivity index (χ0n) is 19.6. The highest BCUT2D eigenvalue weighted by molar-refractivity contribution is 5.97. The van der Waals surface area contributed by atoms with Crippen molar-refractivity contribution in [3.8, 4) is 33.8 Å². The van der Waals surface area contributed by atoms with Crippen molar-refractivity contribution in [2.45, 2.75) is 19.4 Å². The molecule has 2 aromatic carbocycles. The molecular formula is C28H31N3O2. The minimum Gasteiger partial charge on any atom is -0.497 e. The van der Waals surface area contributed by atoms with E-state index in [9.17, 15) is 0 Å². The fraction of sp³-hybridized carbons (Fsp3) is 0.321. The van der Waals surface area contributed by atoms with E-state index in [2.05, 4.69) is 58.0 Å². The fourth-order valence-electron chi connectivity index (χ4n) is 5.03. The van der Waals surface area contributed by atoms with Gasteiger partial charge >= 0.3 is 0 Å². The van der Waals surface area contributed by atoms with E-state index in [0.29, 0.717) is 5.92 Å². The average molecular weight is 442 g/mol. The maximum atomic E-state index is 5.56. The molecule has 0 N–H and O–H groups in total. The third kappa shape index (κ3) is 4.46. The van der Waals surface area contributed by atoms with Gasteiger partial charge < -0.3 is 18.9 Å². The molecule has 1 fully saturated rings. The van der Waals surface area contributed by atoms with Crippen LogP contribution < -0.4 is 9.47 Å². The van der Waals surface area contributed by atoms with Gasteiger partial charge in [0.25, 0.3) is 0 Å². The second kappa shape index (κ2) is 9.28. The van der Waals surface area contributed by atoms with E-state index < -0.39 is 0 Å². The number of aromatic nitrogens is 2. The Kier molecular flexibility index (Phi) is 6.05. The van der Waals surface area contributed by atoms with E-state index in [0.717, 1.165) is 41.3 Å². The number of ether oxygens (including phenoxy) is 2. The first kappa shape index (κ1) is 21.5. The van der Waals surface area contributed by atoms with Crippen LogP contribution in [0.3, 0.4) is 0 Å². The Morgan fingerprint density at radius 2 is 1.76 bits per heavy atom. The highest BCUT2D eigenvalue weighted by Gasteiger charge is 2.20. The number of methoxy groups -OCH3 is 2. The van der Waals surface area contributed by atoms with E-state index in [4.69, 9.17) is 9.47 Å². The zero-order chi connectivity index (χ0) is 22.8. The van der Waals surface area contributed by atoms with Crippen LogP contribution in [-0.4, -0.2) is 48.8 Å². The van der Waals surface area contributed by atoms with Crippen molar-refractivity contribution < 1.29 is 9.47 Å². The lowest BCUT2D eigenvalue weighted by Gasteiger charge is -2.30. The second-order valence-electron chi connectivity index (χ2n) is 9.04. The molecular weight excluding hydrogens is 410 g/mol. The van der Waals surface area contributed by atoms with E-state index in [1.165, 1.54) is 35.9 Å². The van der Waals surface area contributed by atoms with Gasteiger partial charge in [-0.15, -0.1) is 0 Å². The maximum Gasteiger partial charge on any atom is 0.119 e. The molecule has 5 nitrogen and oxygen atoms in total. The lowest BCUT2D eigenvalue weighted by Crippen LogP contribution is -2.33. The van der Waals surface area contributed by atoms with Crippen LogP contribution in [-0.2, 0) is 6.54 Å². The maximum absolute atomic E-state index is 5.56. The number of piperidine rings is 1. The van der Waals surface area contributed by atoms with Crippen LogP contribution in [0.1, 0.15) is 12.8 Å². The smallest absolute Gasteiger partial charge is 0.119 e. The monoisotopic (exact) mass is 441 g/mol. The number of pyridine rings is 1. The normalized spacial score (nSPS) is 16.8. The highest BCUT2D eigenvalue weighted by Crippen LogP contribution is 2.36. The molecule has 5 heteroatoms. The zero-order valence-corrected chi connectivity index (χ0v) is 19.6. The first-order valence-electron chi connectivity index (χ1n) is 11.6. The van der Waals surface area contributed by atoms with Crippen LogP contribution >= 0.6 is 0 Å². The van der Waals surface area contributed by atoms with Gasteiger partial charge in [0.05, 0.1) is 14.2 Å². The lowest BCUT2D eigenvalue weighted by molar-refractivity contribution is 0.196. The van der Waals surface area contributed by atoms with Crippen LogP contribution in [0.25, 0.3) is 33.2 Å². The molecule has 1 atom stereocenters. The van der Waals surface area contributed by atoms with Gasteiger partial charge in [0.15, 0.2) is 0 Å². The van der Waals surface area contributed by atoms with Gasteiger partial charge in [0.2, 0.25) is 0 Å². The van der Waals surface area contributed by atoms with Crippen molar-refractivity contribution >= 4 is 10.9 Å². The summed E-state index contributed by atoms with van der Waals surface area (Å²) in [5.41, 5.74) is 5.70. The van der Waals surface area contributed by atoms with E-state index in [1.807, 2.05) is 30.6 Å². The van der Waals surface area contributed by atoms with Crippen molar-refractivity contribution in [1.82, 2.24) is 14.5 Å². The largest absolute Gasteiger partial charge is 0.497 e. The molecule has 0 saturated carbocycles. The van der Waals surface area contributed by atoms with Crippen LogP contribution in [0.15, 0.2) is 67.1 Å². The summed E-state index contributed by atoms with van der Waals surface area (Å²) in [4.78, 5) is 7.04. The van der Waals surface area contributed by atoms with Gasteiger partial charge in [0.1, 0.15) is 11.5 Å². The van der Waals surface area contributed by atoms with E-state index >= 15 is 0 Å². The predicted octanol–water partition coefficient (Wildman–Crippen LogP) is 5.73. The topological polar surface area (TPSA) is 39.5 Å². The number of hydrogen-bond acceptors (Lipinski definition) is 4. The summed E-state index contributed by atoms with van der Waals surface area (Å²) in [6, 6.07) is 16.7. The minimum absolute atomic E-state index is 0.663. The summed E-state index contributed by atoms with van der Waals surface area (Å²) in [6.45, 7) is 3.38. The van der Waals surface area contributed by atoms with Crippen LogP contribution in [0.2, 0.25) is 0 Å². The molecule has 1 saturated heterocycles. The van der Waals surface area contributed by atoms with Gasteiger partial charge in [-0.3, -0.25) is 4.98 Å². The summed E-state index contributed by atoms with van der Waals surface area (Å²) < 4.78 is 13.4. The molecule has 1 unspecified atom stereocenters. The number of fused-ring (bicyclic) bond motifs is 1. The molecule has 0 bridgehead atoms. The fourth-order valence-corrected chi connectivity index (χ4v) is 5.03. The van der Waals surface area contributed by atoms with Gasteiger partial charge in [0, 0.05) is 59.3 Å². The molecule has 4 aromatic rings. The third-order valence-corrected chi connectivity index (χ3v) is 6.72. The Morgan fingerprint density at radius 3 is 2.58 bits per heavy atom. The summed E-state index contributed by atoms with van der Waals surface area (Å²) >= 11 is 0. The molecule has 33 heavy (non-hydrogen) atoms. The first-order chi connectivity index (χ1) is 16.1. The SMILES string of the molecule is COc1cccc(-c2cncc(-c3cn(CC4CCCN(C)C4)c4ccc(OC)cc34)c2)c1. The molecule has 0 spiro atoms. The number of benzene rings is 2. The standard InChI is InChI=1S/C28H31N3O2/c1-30-11-5-6-20(17-30)18-31-19-27(26-14-25(33-3)9-10-28(26)31)23-12-22(15-29-16-23)21-7-4-8-24(13-21)32-2/h4,7-10,12-16,19-20H,5-6,11,17-18H2,1-3H3. The number of hydrogen-bond donors (Lipinski definition) is 0. The summed E-state index contributed by atoms with van der Waals surface area (Å²) in [7, 11) is 5.65. The van der Waals surface area contributed by atoms with Crippen LogP contribution in [0.5, 0.6) is 11.5 Å². The number of likely N-dealkylation sites (tertiary alicyclic amines) is 1. The minimum atomic E-state index is 0.663. The Labute approximate surface area is 195 Å². The average Bonchev–Trinajstić information content (AvgIpc) is 3.21. The Balaban J connectivity index is 1.57. The first-order valence-corrected chi connectivity index (χ1v) is 11.6. The lowest BCUT2D eigenvalue weighted by atomic mass is 9.98. The summed E-state index contributed by atoms with van der Waals surface area (Å²) in [5.74, 6) is 2.38. The van der Waals surface area contributed by atoms with Crippen molar-refractivity contribution in [3.63, 3.8) is 0 Å². The van der Waals surface area contributed by atoms with Gasteiger partial charge in [-0.2, -0.15) is 0 Å². The van der Waals surface area contributed by atoms with Gasteiger partial charge in [-0.25, -0.2) is 0 Å². The number of nitrogens with zero attached hydrogens (tertiary/aromatic N) is 3. The second-order valence-corrected chi connectivity index (χ2v) is 9.04. The van der Waals surface area contributed by atoms with Crippen LogP contribution in [0.4, 0.5) is 0 Å². The molecule has 1 aliphatic heterocycles. The summed E-state index contributed by atoms with van der Waals surface area (Å²) in [5, 5.41) is 1.20. The Hall–Kier alpha value is -3.31. The Morgan fingerprint density at radius 1 is 0.939 bits per heavy atom. The summed E-state index contributed by atoms with van der Waals surface area (Å²) in [6.07, 6.45) is 8.72. The molecule has 0 amide bonds. The molecule has 1 aliphatic rings. The Bertz CT molecular complexity index is 1260. The molecule has 3 heterocycles. The molecule has 5 rings (SSSR count). The molecule has 2 aromatic heterocycles. The van der Waals surface area contributed by atoms with Crippen molar-refractivity contribution in [1.29, 1.82) is 0 Å². The molecule has 0 aliphatic carbocycles. The van der Waals surface area contributed by atoms with Gasteiger partial charge in [-0.1, -0.05) is 12.1 Å². The van der Waals surface area contributed by atoms with Crippen molar-refractivity contribution in [2.75, 3.05) is 34.4 Å². The quantitative estimate of drug-likeness (QED) is 0.383. The van der Waals surface area contributed by atoms with Crippen molar-refractivity contribution in [3.05, 3.63) is 67.1 Å². The van der Waals surface area contributed by atoms with Gasteiger partial charge in [-0.05, 0) is 74.3 Å². The van der Waals surface area contributed by atoms with E-state index in [1.54, 1.807) is 14.2 Å². The molecule has 0 radical (unpaired) electrons. The van der Waals surface area contributed by atoms with Crippen LogP contribution in [0, 0.1) is 5.92 Å². The highest BCUT2D eigenvalue weighted by atomic mass is 16.5.